The number of hydrogen-bond acceptors (Lipinski definition) is 7. The highest BCUT2D eigenvalue weighted by atomic mass is 16.6. The number of benzene rings is 2. The maximum absolute atomic E-state index is 12.5. The Labute approximate surface area is 163 Å². The third-order valence-corrected chi connectivity index (χ3v) is 3.94. The Balaban J connectivity index is 1.88. The molecule has 0 saturated carbocycles. The summed E-state index contributed by atoms with van der Waals surface area (Å²) in [5.74, 6) is -1.54. The van der Waals surface area contributed by atoms with Gasteiger partial charge in [0, 0.05) is 6.07 Å². The van der Waals surface area contributed by atoms with Crippen LogP contribution in [0.2, 0.25) is 0 Å². The number of amides is 1. The molecule has 2 aromatic rings. The Hall–Kier alpha value is -4.39. The number of nitrogens with one attached hydrogen (secondary N) is 1. The number of nitro benzene ring substituents is 1. The van der Waals surface area contributed by atoms with Crippen molar-refractivity contribution in [1.29, 1.82) is 5.26 Å². The fraction of sp³-hybridized carbons (Fsp3) is 0.105. The molecule has 0 aromatic heterocycles. The Kier molecular flexibility index (Phi) is 5.41. The Morgan fingerprint density at radius 2 is 1.79 bits per heavy atom. The number of hydrogen-bond donors (Lipinski definition) is 2. The van der Waals surface area contributed by atoms with Gasteiger partial charge in [-0.2, -0.15) is 5.26 Å². The van der Waals surface area contributed by atoms with Gasteiger partial charge in [0.25, 0.3) is 11.6 Å². The number of nitriles is 1. The lowest BCUT2D eigenvalue weighted by Crippen LogP contribution is -2.18. The summed E-state index contributed by atoms with van der Waals surface area (Å²) in [5, 5.41) is 31.9. The second-order valence-electron chi connectivity index (χ2n) is 5.82. The molecule has 1 heterocycles. The van der Waals surface area contributed by atoms with Crippen LogP contribution in [0.25, 0.3) is 6.08 Å². The van der Waals surface area contributed by atoms with Crippen LogP contribution in [0.3, 0.4) is 0 Å². The number of nitrogens with zero attached hydrogens (tertiary/aromatic N) is 2. The zero-order chi connectivity index (χ0) is 21.0. The number of anilines is 1. The van der Waals surface area contributed by atoms with E-state index in [0.29, 0.717) is 5.56 Å². The van der Waals surface area contributed by atoms with Crippen molar-refractivity contribution in [2.45, 2.75) is 0 Å². The largest absolute Gasteiger partial charge is 0.486 e. The topological polar surface area (TPSA) is 152 Å². The molecule has 0 saturated heterocycles. The summed E-state index contributed by atoms with van der Waals surface area (Å²) in [6.45, 7) is 0.506. The molecule has 0 atom stereocenters. The van der Waals surface area contributed by atoms with Crippen molar-refractivity contribution in [3.05, 3.63) is 63.2 Å². The van der Waals surface area contributed by atoms with E-state index in [-0.39, 0.29) is 41.5 Å². The van der Waals surface area contributed by atoms with Gasteiger partial charge in [0.1, 0.15) is 30.5 Å². The van der Waals surface area contributed by atoms with E-state index in [1.165, 1.54) is 36.4 Å². The quantitative estimate of drug-likeness (QED) is 0.339. The fourth-order valence-electron chi connectivity index (χ4n) is 2.56. The van der Waals surface area contributed by atoms with Crippen LogP contribution in [0.1, 0.15) is 15.9 Å². The van der Waals surface area contributed by atoms with Crippen molar-refractivity contribution < 1.29 is 29.1 Å². The number of carboxylic acid groups (broad SMARTS) is 1. The molecule has 0 aliphatic carbocycles. The maximum atomic E-state index is 12.5. The predicted molar refractivity (Wildman–Crippen MR) is 99.7 cm³/mol. The molecule has 29 heavy (non-hydrogen) atoms. The van der Waals surface area contributed by atoms with E-state index in [1.807, 2.05) is 0 Å². The van der Waals surface area contributed by atoms with Gasteiger partial charge in [-0.25, -0.2) is 4.79 Å². The summed E-state index contributed by atoms with van der Waals surface area (Å²) in [6, 6.07) is 9.65. The van der Waals surface area contributed by atoms with Crippen molar-refractivity contribution in [3.63, 3.8) is 0 Å². The summed E-state index contributed by atoms with van der Waals surface area (Å²) < 4.78 is 10.7. The average Bonchev–Trinajstić information content (AvgIpc) is 2.71. The summed E-state index contributed by atoms with van der Waals surface area (Å²) >= 11 is 0. The molecular formula is C19H13N3O7. The Bertz CT molecular complexity index is 1070. The maximum Gasteiger partial charge on any atom is 0.335 e. The van der Waals surface area contributed by atoms with Gasteiger partial charge in [-0.05, 0) is 23.8 Å². The predicted octanol–water partition coefficient (Wildman–Crippen LogP) is 2.61. The third-order valence-electron chi connectivity index (χ3n) is 3.94. The molecule has 0 spiro atoms. The minimum atomic E-state index is -1.11. The first-order chi connectivity index (χ1) is 13.9. The van der Waals surface area contributed by atoms with E-state index < -0.39 is 22.5 Å². The first kappa shape index (κ1) is 19.4. The van der Waals surface area contributed by atoms with Crippen LogP contribution in [0.4, 0.5) is 11.4 Å². The van der Waals surface area contributed by atoms with Crippen LogP contribution in [-0.2, 0) is 4.79 Å². The second-order valence-corrected chi connectivity index (χ2v) is 5.82. The lowest BCUT2D eigenvalue weighted by molar-refractivity contribution is -0.384. The molecule has 2 aromatic carbocycles. The van der Waals surface area contributed by atoms with Crippen molar-refractivity contribution in [2.75, 3.05) is 18.5 Å². The highest BCUT2D eigenvalue weighted by Gasteiger charge is 2.24. The molecule has 1 aliphatic rings. The molecule has 10 heteroatoms. The average molecular weight is 395 g/mol. The van der Waals surface area contributed by atoms with Crippen LogP contribution in [-0.4, -0.2) is 35.1 Å². The monoisotopic (exact) mass is 395 g/mol. The van der Waals surface area contributed by atoms with Crippen molar-refractivity contribution in [1.82, 2.24) is 0 Å². The molecule has 146 valence electrons. The molecule has 0 bridgehead atoms. The number of aromatic carboxylic acids is 1. The molecule has 2 N–H and O–H groups in total. The minimum Gasteiger partial charge on any atom is -0.486 e. The second kappa shape index (κ2) is 8.10. The van der Waals surface area contributed by atoms with Gasteiger partial charge in [0.05, 0.1) is 16.6 Å². The van der Waals surface area contributed by atoms with E-state index in [0.717, 1.165) is 6.07 Å². The summed E-state index contributed by atoms with van der Waals surface area (Å²) in [4.78, 5) is 34.0. The Morgan fingerprint density at radius 1 is 1.17 bits per heavy atom. The van der Waals surface area contributed by atoms with E-state index in [4.69, 9.17) is 14.6 Å². The number of ether oxygens (including phenoxy) is 2. The van der Waals surface area contributed by atoms with Crippen molar-refractivity contribution >= 4 is 29.3 Å². The molecular weight excluding hydrogens is 382 g/mol. The lowest BCUT2D eigenvalue weighted by atomic mass is 10.1. The van der Waals surface area contributed by atoms with Gasteiger partial charge in [-0.3, -0.25) is 14.9 Å². The molecule has 0 radical (unpaired) electrons. The zero-order valence-electron chi connectivity index (χ0n) is 14.7. The molecule has 1 amide bonds. The molecule has 3 rings (SSSR count). The number of carbonyl (C=O) groups is 2. The van der Waals surface area contributed by atoms with E-state index in [1.54, 1.807) is 6.07 Å². The van der Waals surface area contributed by atoms with Gasteiger partial charge in [0.15, 0.2) is 11.5 Å². The van der Waals surface area contributed by atoms with Gasteiger partial charge in [-0.15, -0.1) is 0 Å². The molecule has 0 fully saturated rings. The SMILES string of the molecule is N#C/C(=C\c1ccc(C(=O)O)cc1)C(=O)Nc1cc2c(cc1[N+](=O)[O-])OCCO2. The number of carbonyl (C=O) groups excluding carboxylic acids is 1. The molecule has 0 unspecified atom stereocenters. The van der Waals surface area contributed by atoms with E-state index in [2.05, 4.69) is 5.32 Å². The van der Waals surface area contributed by atoms with Gasteiger partial charge >= 0.3 is 5.97 Å². The standard InChI is InChI=1S/C19H13N3O7/c20-10-13(7-11-1-3-12(4-2-11)19(24)25)18(23)21-14-8-16-17(29-6-5-28-16)9-15(14)22(26)27/h1-4,7-9H,5-6H2,(H,21,23)(H,24,25)/b13-7+. The summed E-state index contributed by atoms with van der Waals surface area (Å²) in [7, 11) is 0. The first-order valence-corrected chi connectivity index (χ1v) is 8.23. The van der Waals surface area contributed by atoms with Crippen LogP contribution in [0.15, 0.2) is 42.0 Å². The molecule has 1 aliphatic heterocycles. The molecule has 10 nitrogen and oxygen atoms in total. The minimum absolute atomic E-state index is 0.0528. The number of rotatable bonds is 5. The van der Waals surface area contributed by atoms with Gasteiger partial charge in [0.2, 0.25) is 0 Å². The summed E-state index contributed by atoms with van der Waals surface area (Å²) in [6.07, 6.45) is 1.24. The zero-order valence-corrected chi connectivity index (χ0v) is 14.7. The van der Waals surface area contributed by atoms with Gasteiger partial charge in [-0.1, -0.05) is 12.1 Å². The van der Waals surface area contributed by atoms with Gasteiger partial charge < -0.3 is 19.9 Å². The van der Waals surface area contributed by atoms with Crippen molar-refractivity contribution in [2.24, 2.45) is 0 Å². The van der Waals surface area contributed by atoms with Crippen LogP contribution >= 0.6 is 0 Å². The fourth-order valence-corrected chi connectivity index (χ4v) is 2.56. The number of fused-ring (bicyclic) bond motifs is 1. The van der Waals surface area contributed by atoms with Crippen LogP contribution in [0.5, 0.6) is 11.5 Å². The Morgan fingerprint density at radius 3 is 2.34 bits per heavy atom. The normalized spacial score (nSPS) is 12.6. The lowest BCUT2D eigenvalue weighted by Gasteiger charge is -2.19. The smallest absolute Gasteiger partial charge is 0.335 e. The van der Waals surface area contributed by atoms with Crippen LogP contribution < -0.4 is 14.8 Å². The third kappa shape index (κ3) is 4.30. The van der Waals surface area contributed by atoms with E-state index >= 15 is 0 Å². The number of carboxylic acids is 1. The van der Waals surface area contributed by atoms with Crippen molar-refractivity contribution in [3.8, 4) is 17.6 Å². The highest BCUT2D eigenvalue weighted by Crippen LogP contribution is 2.39. The summed E-state index contributed by atoms with van der Waals surface area (Å²) in [5.41, 5.74) is -0.412. The number of nitro groups is 1. The first-order valence-electron chi connectivity index (χ1n) is 8.23. The highest BCUT2D eigenvalue weighted by molar-refractivity contribution is 6.10. The van der Waals surface area contributed by atoms with E-state index in [9.17, 15) is 25.0 Å². The van der Waals surface area contributed by atoms with Crippen LogP contribution in [0, 0.1) is 21.4 Å².